The fraction of sp³-hybridized carbons (Fsp3) is 0.800. The van der Waals surface area contributed by atoms with Crippen molar-refractivity contribution in [2.75, 3.05) is 0 Å². The van der Waals surface area contributed by atoms with Gasteiger partial charge in [0, 0.05) is 11.4 Å². The highest BCUT2D eigenvalue weighted by Gasteiger charge is 2.24. The first-order valence-corrected chi connectivity index (χ1v) is 8.08. The molecule has 1 N–H and O–H groups in total. The summed E-state index contributed by atoms with van der Waals surface area (Å²) in [5, 5.41) is 7.18. The number of rotatable bonds is 7. The van der Waals surface area contributed by atoms with Gasteiger partial charge in [-0.1, -0.05) is 54.4 Å². The van der Waals surface area contributed by atoms with Crippen LogP contribution in [0.2, 0.25) is 0 Å². The summed E-state index contributed by atoms with van der Waals surface area (Å²) in [5.41, 5.74) is 1.23. The molecular weight excluding hydrogens is 240 g/mol. The Morgan fingerprint density at radius 1 is 1.17 bits per heavy atom. The van der Waals surface area contributed by atoms with Crippen LogP contribution in [0.1, 0.15) is 77.0 Å². The van der Waals surface area contributed by atoms with E-state index >= 15 is 0 Å². The van der Waals surface area contributed by atoms with Crippen LogP contribution in [0, 0.1) is 5.92 Å². The third-order valence-corrected chi connectivity index (χ3v) is 4.38. The molecule has 3 heteroatoms. The van der Waals surface area contributed by atoms with Gasteiger partial charge in [-0.15, -0.1) is 11.3 Å². The molecule has 104 valence electrons. The summed E-state index contributed by atoms with van der Waals surface area (Å²) >= 11 is 1.81. The number of hydrogen-bond donors (Lipinski definition) is 1. The summed E-state index contributed by atoms with van der Waals surface area (Å²) in [5.74, 6) is 1.20. The zero-order chi connectivity index (χ0) is 13.7. The molecule has 2 nitrogen and oxygen atoms in total. The standard InChI is InChI=1S/C15H28N2S/c1-7-12(8-2)14(16-11(5)6)15-17-13(9-18-15)10(3)4/h9-12,14,16H,7-8H2,1-6H3. The van der Waals surface area contributed by atoms with Crippen molar-refractivity contribution in [2.24, 2.45) is 5.92 Å². The Morgan fingerprint density at radius 3 is 2.17 bits per heavy atom. The molecule has 0 aliphatic heterocycles. The average molecular weight is 268 g/mol. The Kier molecular flexibility index (Phi) is 6.30. The lowest BCUT2D eigenvalue weighted by Gasteiger charge is -2.26. The van der Waals surface area contributed by atoms with Crippen molar-refractivity contribution in [1.29, 1.82) is 0 Å². The molecule has 0 fully saturated rings. The van der Waals surface area contributed by atoms with Crippen molar-refractivity contribution in [3.8, 4) is 0 Å². The molecule has 18 heavy (non-hydrogen) atoms. The van der Waals surface area contributed by atoms with E-state index in [0.717, 1.165) is 0 Å². The molecule has 0 saturated carbocycles. The van der Waals surface area contributed by atoms with Gasteiger partial charge in [-0.3, -0.25) is 0 Å². The van der Waals surface area contributed by atoms with Crippen LogP contribution >= 0.6 is 11.3 Å². The van der Waals surface area contributed by atoms with Gasteiger partial charge in [0.1, 0.15) is 5.01 Å². The van der Waals surface area contributed by atoms with Gasteiger partial charge >= 0.3 is 0 Å². The van der Waals surface area contributed by atoms with E-state index in [9.17, 15) is 0 Å². The maximum absolute atomic E-state index is 4.84. The van der Waals surface area contributed by atoms with Gasteiger partial charge in [-0.2, -0.15) is 0 Å². The molecule has 0 aliphatic rings. The summed E-state index contributed by atoms with van der Waals surface area (Å²) < 4.78 is 0. The Bertz CT molecular complexity index is 340. The second kappa shape index (κ2) is 7.25. The van der Waals surface area contributed by atoms with Crippen LogP contribution < -0.4 is 5.32 Å². The highest BCUT2D eigenvalue weighted by molar-refractivity contribution is 7.09. The maximum atomic E-state index is 4.84. The monoisotopic (exact) mass is 268 g/mol. The lowest BCUT2D eigenvalue weighted by atomic mass is 9.94. The molecular formula is C15H28N2S. The molecule has 1 rings (SSSR count). The molecule has 0 bridgehead atoms. The third kappa shape index (κ3) is 4.06. The summed E-state index contributed by atoms with van der Waals surface area (Å²) in [6.45, 7) is 13.4. The topological polar surface area (TPSA) is 24.9 Å². The van der Waals surface area contributed by atoms with E-state index in [2.05, 4.69) is 52.2 Å². The smallest absolute Gasteiger partial charge is 0.110 e. The normalized spacial score (nSPS) is 13.8. The van der Waals surface area contributed by atoms with Crippen LogP contribution in [0.5, 0.6) is 0 Å². The van der Waals surface area contributed by atoms with Crippen LogP contribution in [0.15, 0.2) is 5.38 Å². The van der Waals surface area contributed by atoms with E-state index in [-0.39, 0.29) is 0 Å². The predicted molar refractivity (Wildman–Crippen MR) is 81.3 cm³/mol. The lowest BCUT2D eigenvalue weighted by Crippen LogP contribution is -2.33. The summed E-state index contributed by atoms with van der Waals surface area (Å²) in [4.78, 5) is 4.84. The van der Waals surface area contributed by atoms with Crippen molar-refractivity contribution < 1.29 is 0 Å². The van der Waals surface area contributed by atoms with Gasteiger partial charge < -0.3 is 5.32 Å². The number of nitrogens with zero attached hydrogens (tertiary/aromatic N) is 1. The fourth-order valence-corrected chi connectivity index (χ4v) is 3.37. The van der Waals surface area contributed by atoms with Crippen LogP contribution in [0.25, 0.3) is 0 Å². The molecule has 1 unspecified atom stereocenters. The molecule has 0 saturated heterocycles. The van der Waals surface area contributed by atoms with E-state index in [4.69, 9.17) is 4.98 Å². The summed E-state index contributed by atoms with van der Waals surface area (Å²) in [6.07, 6.45) is 2.41. The fourth-order valence-electron chi connectivity index (χ4n) is 2.24. The van der Waals surface area contributed by atoms with Gasteiger partial charge in [-0.25, -0.2) is 4.98 Å². The Balaban J connectivity index is 2.93. The molecule has 0 amide bonds. The van der Waals surface area contributed by atoms with Gasteiger partial charge in [-0.05, 0) is 11.8 Å². The highest BCUT2D eigenvalue weighted by Crippen LogP contribution is 2.31. The van der Waals surface area contributed by atoms with Crippen molar-refractivity contribution >= 4 is 11.3 Å². The SMILES string of the molecule is CCC(CC)C(NC(C)C)c1nc(C(C)C)cs1. The van der Waals surface area contributed by atoms with Crippen molar-refractivity contribution in [2.45, 2.75) is 72.4 Å². The number of aromatic nitrogens is 1. The molecule has 0 spiro atoms. The number of nitrogens with one attached hydrogen (secondary N) is 1. The van der Waals surface area contributed by atoms with Crippen LogP contribution in [0.3, 0.4) is 0 Å². The maximum Gasteiger partial charge on any atom is 0.110 e. The van der Waals surface area contributed by atoms with E-state index in [1.54, 1.807) is 0 Å². The Labute approximate surface area is 116 Å². The zero-order valence-electron chi connectivity index (χ0n) is 12.7. The first-order valence-electron chi connectivity index (χ1n) is 7.20. The third-order valence-electron chi connectivity index (χ3n) is 3.43. The lowest BCUT2D eigenvalue weighted by molar-refractivity contribution is 0.320. The second-order valence-corrected chi connectivity index (χ2v) is 6.53. The molecule has 0 aliphatic carbocycles. The van der Waals surface area contributed by atoms with Crippen LogP contribution in [-0.2, 0) is 0 Å². The first kappa shape index (κ1) is 15.6. The minimum atomic E-state index is 0.414. The van der Waals surface area contributed by atoms with Crippen molar-refractivity contribution in [1.82, 2.24) is 10.3 Å². The molecule has 1 aromatic rings. The quantitative estimate of drug-likeness (QED) is 0.772. The zero-order valence-corrected chi connectivity index (χ0v) is 13.5. The molecule has 0 aromatic carbocycles. The Hall–Kier alpha value is -0.410. The summed E-state index contributed by atoms with van der Waals surface area (Å²) in [7, 11) is 0. The highest BCUT2D eigenvalue weighted by atomic mass is 32.1. The van der Waals surface area contributed by atoms with E-state index in [1.165, 1.54) is 23.5 Å². The van der Waals surface area contributed by atoms with Crippen LogP contribution in [0.4, 0.5) is 0 Å². The minimum Gasteiger partial charge on any atom is -0.305 e. The first-order chi connectivity index (χ1) is 8.49. The van der Waals surface area contributed by atoms with Gasteiger partial charge in [0.15, 0.2) is 0 Å². The van der Waals surface area contributed by atoms with E-state index < -0.39 is 0 Å². The minimum absolute atomic E-state index is 0.414. The largest absolute Gasteiger partial charge is 0.305 e. The molecule has 0 radical (unpaired) electrons. The number of hydrogen-bond acceptors (Lipinski definition) is 3. The van der Waals surface area contributed by atoms with E-state index in [0.29, 0.717) is 23.9 Å². The predicted octanol–water partition coefficient (Wildman–Crippen LogP) is 4.74. The van der Waals surface area contributed by atoms with Gasteiger partial charge in [0.05, 0.1) is 11.7 Å². The van der Waals surface area contributed by atoms with Gasteiger partial charge in [0.2, 0.25) is 0 Å². The van der Waals surface area contributed by atoms with Crippen LogP contribution in [-0.4, -0.2) is 11.0 Å². The number of thiazole rings is 1. The molecule has 1 atom stereocenters. The van der Waals surface area contributed by atoms with E-state index in [1.807, 2.05) is 11.3 Å². The van der Waals surface area contributed by atoms with Gasteiger partial charge in [0.25, 0.3) is 0 Å². The Morgan fingerprint density at radius 2 is 1.78 bits per heavy atom. The summed E-state index contributed by atoms with van der Waals surface area (Å²) in [6, 6.07) is 0.916. The van der Waals surface area contributed by atoms with Crippen molar-refractivity contribution in [3.05, 3.63) is 16.1 Å². The second-order valence-electron chi connectivity index (χ2n) is 5.64. The molecule has 1 heterocycles. The average Bonchev–Trinajstić information content (AvgIpc) is 2.78. The molecule has 1 aromatic heterocycles. The van der Waals surface area contributed by atoms with Crippen molar-refractivity contribution in [3.63, 3.8) is 0 Å².